The molecule has 0 spiro atoms. The normalized spacial score (nSPS) is 14.6. The highest BCUT2D eigenvalue weighted by atomic mass is 35.5. The van der Waals surface area contributed by atoms with E-state index in [2.05, 4.69) is 20.2 Å². The second kappa shape index (κ2) is 7.51. The highest BCUT2D eigenvalue weighted by molar-refractivity contribution is 6.29. The minimum absolute atomic E-state index is 0.453. The highest BCUT2D eigenvalue weighted by Crippen LogP contribution is 2.24. The summed E-state index contributed by atoms with van der Waals surface area (Å²) in [6, 6.07) is 9.55. The van der Waals surface area contributed by atoms with Crippen LogP contribution in [0.5, 0.6) is 5.75 Å². The Balaban J connectivity index is 1.75. The third-order valence-electron chi connectivity index (χ3n) is 3.78. The first-order valence-corrected chi connectivity index (χ1v) is 8.42. The van der Waals surface area contributed by atoms with Gasteiger partial charge in [0.2, 0.25) is 5.95 Å². The first kappa shape index (κ1) is 15.9. The molecule has 23 heavy (non-hydrogen) atoms. The van der Waals surface area contributed by atoms with Gasteiger partial charge in [-0.1, -0.05) is 11.6 Å². The zero-order valence-electron chi connectivity index (χ0n) is 13.3. The Morgan fingerprint density at radius 1 is 1.13 bits per heavy atom. The van der Waals surface area contributed by atoms with Crippen LogP contribution in [0.3, 0.4) is 0 Å². The lowest BCUT2D eigenvalue weighted by molar-refractivity contribution is 0.340. The van der Waals surface area contributed by atoms with Gasteiger partial charge in [0.1, 0.15) is 16.7 Å². The number of benzene rings is 1. The van der Waals surface area contributed by atoms with Gasteiger partial charge in [-0.2, -0.15) is 4.98 Å². The summed E-state index contributed by atoms with van der Waals surface area (Å²) in [5, 5.41) is 3.66. The molecule has 0 radical (unpaired) electrons. The molecule has 1 aliphatic rings. The van der Waals surface area contributed by atoms with E-state index in [1.54, 1.807) is 0 Å². The van der Waals surface area contributed by atoms with Crippen LogP contribution in [0.15, 0.2) is 30.3 Å². The summed E-state index contributed by atoms with van der Waals surface area (Å²) in [6.45, 7) is 4.67. The molecule has 0 unspecified atom stereocenters. The van der Waals surface area contributed by atoms with E-state index < -0.39 is 0 Å². The number of nitrogens with zero attached hydrogens (tertiary/aromatic N) is 3. The summed E-state index contributed by atoms with van der Waals surface area (Å²) >= 11 is 6.16. The number of hydrogen-bond donors (Lipinski definition) is 1. The predicted octanol–water partition coefficient (Wildman–Crippen LogP) is 4.26. The van der Waals surface area contributed by atoms with Crippen molar-refractivity contribution in [2.45, 2.75) is 26.2 Å². The summed E-state index contributed by atoms with van der Waals surface area (Å²) < 4.78 is 5.44. The van der Waals surface area contributed by atoms with E-state index >= 15 is 0 Å². The van der Waals surface area contributed by atoms with Crippen molar-refractivity contribution < 1.29 is 4.74 Å². The molecule has 2 aromatic rings. The van der Waals surface area contributed by atoms with Crippen molar-refractivity contribution in [2.75, 3.05) is 29.9 Å². The van der Waals surface area contributed by atoms with Gasteiger partial charge >= 0.3 is 0 Å². The Hall–Kier alpha value is -2.01. The highest BCUT2D eigenvalue weighted by Gasteiger charge is 2.14. The number of rotatable bonds is 5. The Kier molecular flexibility index (Phi) is 5.18. The minimum atomic E-state index is 0.453. The fraction of sp³-hybridized carbons (Fsp3) is 0.412. The van der Waals surface area contributed by atoms with E-state index in [9.17, 15) is 0 Å². The lowest BCUT2D eigenvalue weighted by Crippen LogP contribution is -2.30. The molecule has 5 nitrogen and oxygen atoms in total. The van der Waals surface area contributed by atoms with Gasteiger partial charge in [-0.15, -0.1) is 0 Å². The number of hydrogen-bond acceptors (Lipinski definition) is 5. The van der Waals surface area contributed by atoms with Gasteiger partial charge in [0.25, 0.3) is 0 Å². The molecule has 1 N–H and O–H groups in total. The third-order valence-corrected chi connectivity index (χ3v) is 3.98. The first-order chi connectivity index (χ1) is 11.2. The van der Waals surface area contributed by atoms with Crippen molar-refractivity contribution in [1.29, 1.82) is 0 Å². The fourth-order valence-corrected chi connectivity index (χ4v) is 2.85. The van der Waals surface area contributed by atoms with Crippen LogP contribution in [0.1, 0.15) is 26.2 Å². The molecule has 0 amide bonds. The van der Waals surface area contributed by atoms with Crippen molar-refractivity contribution in [3.63, 3.8) is 0 Å². The molecule has 122 valence electrons. The molecule has 2 heterocycles. The minimum Gasteiger partial charge on any atom is -0.494 e. The van der Waals surface area contributed by atoms with Crippen LogP contribution in [0, 0.1) is 0 Å². The fourth-order valence-electron chi connectivity index (χ4n) is 2.68. The molecule has 0 saturated carbocycles. The van der Waals surface area contributed by atoms with Gasteiger partial charge in [-0.25, -0.2) is 4.98 Å². The van der Waals surface area contributed by atoms with Crippen LogP contribution in [0.4, 0.5) is 17.5 Å². The van der Waals surface area contributed by atoms with E-state index in [0.29, 0.717) is 17.7 Å². The van der Waals surface area contributed by atoms with Crippen molar-refractivity contribution >= 4 is 29.1 Å². The van der Waals surface area contributed by atoms with Crippen LogP contribution in [0.25, 0.3) is 0 Å². The molecule has 0 aliphatic carbocycles. The Morgan fingerprint density at radius 3 is 2.57 bits per heavy atom. The van der Waals surface area contributed by atoms with Crippen LogP contribution in [-0.4, -0.2) is 29.7 Å². The summed E-state index contributed by atoms with van der Waals surface area (Å²) in [6.07, 6.45) is 3.68. The largest absolute Gasteiger partial charge is 0.494 e. The van der Waals surface area contributed by atoms with E-state index in [0.717, 1.165) is 30.3 Å². The molecule has 1 aromatic carbocycles. The number of piperidine rings is 1. The molecule has 3 rings (SSSR count). The number of anilines is 3. The SMILES string of the molecule is CCOc1ccc(Nc2nc(Cl)cc(N3CCCCC3)n2)cc1. The summed E-state index contributed by atoms with van der Waals surface area (Å²) in [7, 11) is 0. The van der Waals surface area contributed by atoms with E-state index in [1.165, 1.54) is 19.3 Å². The predicted molar refractivity (Wildman–Crippen MR) is 94.0 cm³/mol. The van der Waals surface area contributed by atoms with Gasteiger partial charge in [-0.05, 0) is 50.5 Å². The zero-order valence-corrected chi connectivity index (χ0v) is 14.0. The van der Waals surface area contributed by atoms with Gasteiger partial charge < -0.3 is 15.0 Å². The monoisotopic (exact) mass is 332 g/mol. The summed E-state index contributed by atoms with van der Waals surface area (Å²) in [5.74, 6) is 2.25. The van der Waals surface area contributed by atoms with Crippen LogP contribution < -0.4 is 15.0 Å². The summed E-state index contributed by atoms with van der Waals surface area (Å²) in [5.41, 5.74) is 0.903. The number of halogens is 1. The molecule has 0 bridgehead atoms. The number of nitrogens with one attached hydrogen (secondary N) is 1. The molecule has 1 aliphatic heterocycles. The van der Waals surface area contributed by atoms with E-state index in [4.69, 9.17) is 16.3 Å². The lowest BCUT2D eigenvalue weighted by Gasteiger charge is -2.27. The lowest BCUT2D eigenvalue weighted by atomic mass is 10.1. The van der Waals surface area contributed by atoms with Crippen molar-refractivity contribution in [2.24, 2.45) is 0 Å². The molecule has 0 atom stereocenters. The quantitative estimate of drug-likeness (QED) is 0.829. The topological polar surface area (TPSA) is 50.3 Å². The second-order valence-corrected chi connectivity index (χ2v) is 5.89. The molecule has 6 heteroatoms. The molecular weight excluding hydrogens is 312 g/mol. The molecule has 1 fully saturated rings. The van der Waals surface area contributed by atoms with Crippen LogP contribution >= 0.6 is 11.6 Å². The van der Waals surface area contributed by atoms with E-state index in [-0.39, 0.29) is 0 Å². The standard InChI is InChI=1S/C17H21ClN4O/c1-2-23-14-8-6-13(7-9-14)19-17-20-15(18)12-16(21-17)22-10-4-3-5-11-22/h6-9,12H,2-5,10-11H2,1H3,(H,19,20,21). The Bertz CT molecular complexity index is 642. The van der Waals surface area contributed by atoms with Gasteiger partial charge in [0.15, 0.2) is 0 Å². The van der Waals surface area contributed by atoms with Gasteiger partial charge in [0.05, 0.1) is 6.61 Å². The average Bonchev–Trinajstić information content (AvgIpc) is 2.57. The van der Waals surface area contributed by atoms with E-state index in [1.807, 2.05) is 37.3 Å². The van der Waals surface area contributed by atoms with Crippen molar-refractivity contribution in [1.82, 2.24) is 9.97 Å². The molecule has 1 aromatic heterocycles. The van der Waals surface area contributed by atoms with Gasteiger partial charge in [-0.3, -0.25) is 0 Å². The number of aromatic nitrogens is 2. The van der Waals surface area contributed by atoms with Crippen LogP contribution in [-0.2, 0) is 0 Å². The summed E-state index contributed by atoms with van der Waals surface area (Å²) in [4.78, 5) is 11.1. The number of ether oxygens (including phenoxy) is 1. The van der Waals surface area contributed by atoms with Crippen molar-refractivity contribution in [3.8, 4) is 5.75 Å². The van der Waals surface area contributed by atoms with Gasteiger partial charge in [0, 0.05) is 24.8 Å². The maximum absolute atomic E-state index is 6.16. The van der Waals surface area contributed by atoms with Crippen LogP contribution in [0.2, 0.25) is 5.15 Å². The Morgan fingerprint density at radius 2 is 1.87 bits per heavy atom. The first-order valence-electron chi connectivity index (χ1n) is 8.04. The van der Waals surface area contributed by atoms with Crippen molar-refractivity contribution in [3.05, 3.63) is 35.5 Å². The maximum Gasteiger partial charge on any atom is 0.230 e. The Labute approximate surface area is 141 Å². The average molecular weight is 333 g/mol. The third kappa shape index (κ3) is 4.26. The zero-order chi connectivity index (χ0) is 16.1. The second-order valence-electron chi connectivity index (χ2n) is 5.50. The smallest absolute Gasteiger partial charge is 0.230 e. The molecule has 1 saturated heterocycles. The molecular formula is C17H21ClN4O. The maximum atomic E-state index is 6.16.